The maximum atomic E-state index is 12.7. The molecular formula is C21H38N2O4. The van der Waals surface area contributed by atoms with Gasteiger partial charge in [0.25, 0.3) is 0 Å². The smallest absolute Gasteiger partial charge is 0.226 e. The molecule has 6 heteroatoms. The van der Waals surface area contributed by atoms with Gasteiger partial charge in [-0.2, -0.15) is 0 Å². The minimum atomic E-state index is -0.822. The van der Waals surface area contributed by atoms with Crippen molar-refractivity contribution in [3.05, 3.63) is 0 Å². The molecule has 0 radical (unpaired) electrons. The molecule has 4 atom stereocenters. The molecule has 27 heavy (non-hydrogen) atoms. The highest BCUT2D eigenvalue weighted by Crippen LogP contribution is 2.34. The molecule has 1 aliphatic carbocycles. The van der Waals surface area contributed by atoms with E-state index in [1.807, 2.05) is 0 Å². The minimum Gasteiger partial charge on any atom is -0.396 e. The van der Waals surface area contributed by atoms with Crippen LogP contribution in [0.3, 0.4) is 0 Å². The van der Waals surface area contributed by atoms with Crippen LogP contribution in [0.5, 0.6) is 0 Å². The number of aliphatic hydroxyl groups is 1. The summed E-state index contributed by atoms with van der Waals surface area (Å²) in [6, 6.07) is -0.772. The third kappa shape index (κ3) is 7.70. The summed E-state index contributed by atoms with van der Waals surface area (Å²) >= 11 is 0. The average Bonchev–Trinajstić information content (AvgIpc) is 2.62. The number of nitrogens with two attached hydrogens (primary N) is 1. The van der Waals surface area contributed by atoms with E-state index in [9.17, 15) is 19.5 Å². The fourth-order valence-electron chi connectivity index (χ4n) is 4.05. The molecule has 6 nitrogen and oxygen atoms in total. The second-order valence-corrected chi connectivity index (χ2v) is 8.76. The summed E-state index contributed by atoms with van der Waals surface area (Å²) in [6.45, 7) is 7.50. The molecule has 156 valence electrons. The van der Waals surface area contributed by atoms with Crippen LogP contribution < -0.4 is 11.1 Å². The Balaban J connectivity index is 2.64. The van der Waals surface area contributed by atoms with Crippen LogP contribution in [0.4, 0.5) is 0 Å². The molecule has 0 spiro atoms. The van der Waals surface area contributed by atoms with E-state index < -0.39 is 24.5 Å². The zero-order valence-electron chi connectivity index (χ0n) is 17.4. The SMILES string of the molecule is CC(C)CC1CCC[C@@H](C(=O)C[C@@H](CO)C(=O)N[C@@H](CN)C(=O)C(C)C)C1. The maximum Gasteiger partial charge on any atom is 0.226 e. The van der Waals surface area contributed by atoms with E-state index in [-0.39, 0.29) is 36.4 Å². The Bertz CT molecular complexity index is 504. The van der Waals surface area contributed by atoms with Crippen molar-refractivity contribution in [3.63, 3.8) is 0 Å². The lowest BCUT2D eigenvalue weighted by Gasteiger charge is -2.30. The molecule has 1 rings (SSSR count). The van der Waals surface area contributed by atoms with Crippen molar-refractivity contribution in [2.45, 2.75) is 72.3 Å². The van der Waals surface area contributed by atoms with E-state index in [0.717, 1.165) is 25.7 Å². The summed E-state index contributed by atoms with van der Waals surface area (Å²) in [7, 11) is 0. The summed E-state index contributed by atoms with van der Waals surface area (Å²) in [6.07, 6.45) is 5.11. The number of Topliss-reactive ketones (excluding diaryl/α,β-unsaturated/α-hetero) is 2. The molecule has 0 aromatic carbocycles. The van der Waals surface area contributed by atoms with Gasteiger partial charge in [-0.25, -0.2) is 0 Å². The van der Waals surface area contributed by atoms with Crippen LogP contribution in [0.15, 0.2) is 0 Å². The van der Waals surface area contributed by atoms with Gasteiger partial charge in [0.05, 0.1) is 18.6 Å². The molecule has 1 amide bonds. The third-order valence-electron chi connectivity index (χ3n) is 5.55. The van der Waals surface area contributed by atoms with E-state index >= 15 is 0 Å². The lowest BCUT2D eigenvalue weighted by atomic mass is 9.75. The molecular weight excluding hydrogens is 344 g/mol. The quantitative estimate of drug-likeness (QED) is 0.507. The molecule has 0 saturated heterocycles. The van der Waals surface area contributed by atoms with Crippen LogP contribution in [-0.4, -0.2) is 41.8 Å². The average molecular weight is 383 g/mol. The zero-order valence-corrected chi connectivity index (χ0v) is 17.4. The molecule has 1 unspecified atom stereocenters. The van der Waals surface area contributed by atoms with Gasteiger partial charge in [0, 0.05) is 24.8 Å². The number of carbonyl (C=O) groups is 3. The maximum absolute atomic E-state index is 12.7. The van der Waals surface area contributed by atoms with Crippen molar-refractivity contribution in [1.29, 1.82) is 0 Å². The Kier molecular flexibility index (Phi) is 10.2. The summed E-state index contributed by atoms with van der Waals surface area (Å²) < 4.78 is 0. The Morgan fingerprint density at radius 1 is 1.15 bits per heavy atom. The molecule has 4 N–H and O–H groups in total. The summed E-state index contributed by atoms with van der Waals surface area (Å²) in [4.78, 5) is 37.3. The lowest BCUT2D eigenvalue weighted by Crippen LogP contribution is -2.50. The van der Waals surface area contributed by atoms with Gasteiger partial charge < -0.3 is 16.2 Å². The highest BCUT2D eigenvalue weighted by Gasteiger charge is 2.32. The number of hydrogen-bond donors (Lipinski definition) is 3. The van der Waals surface area contributed by atoms with Crippen molar-refractivity contribution in [2.75, 3.05) is 13.2 Å². The van der Waals surface area contributed by atoms with Gasteiger partial charge in [0.1, 0.15) is 5.78 Å². The van der Waals surface area contributed by atoms with Crippen molar-refractivity contribution in [3.8, 4) is 0 Å². The van der Waals surface area contributed by atoms with Crippen LogP contribution in [0, 0.1) is 29.6 Å². The molecule has 0 heterocycles. The van der Waals surface area contributed by atoms with Crippen molar-refractivity contribution in [1.82, 2.24) is 5.32 Å². The highest BCUT2D eigenvalue weighted by molar-refractivity contribution is 5.93. The van der Waals surface area contributed by atoms with E-state index in [1.165, 1.54) is 6.42 Å². The van der Waals surface area contributed by atoms with Crippen molar-refractivity contribution in [2.24, 2.45) is 35.3 Å². The van der Waals surface area contributed by atoms with E-state index in [4.69, 9.17) is 5.73 Å². The fraction of sp³-hybridized carbons (Fsp3) is 0.857. The second-order valence-electron chi connectivity index (χ2n) is 8.76. The molecule has 1 aliphatic rings. The lowest BCUT2D eigenvalue weighted by molar-refractivity contribution is -0.135. The van der Waals surface area contributed by atoms with Gasteiger partial charge in [0.2, 0.25) is 5.91 Å². The fourth-order valence-corrected chi connectivity index (χ4v) is 4.05. The first kappa shape index (κ1) is 23.8. The number of ketones is 2. The first-order chi connectivity index (χ1) is 12.7. The predicted octanol–water partition coefficient (Wildman–Crippen LogP) is 2.08. The van der Waals surface area contributed by atoms with Gasteiger partial charge in [0.15, 0.2) is 5.78 Å². The van der Waals surface area contributed by atoms with E-state index in [1.54, 1.807) is 13.8 Å². The number of carbonyl (C=O) groups excluding carboxylic acids is 3. The van der Waals surface area contributed by atoms with Crippen LogP contribution in [0.2, 0.25) is 0 Å². The summed E-state index contributed by atoms with van der Waals surface area (Å²) in [5.74, 6) is -0.456. The molecule has 1 saturated carbocycles. The third-order valence-corrected chi connectivity index (χ3v) is 5.55. The number of amides is 1. The first-order valence-corrected chi connectivity index (χ1v) is 10.4. The Labute approximate surface area is 163 Å². The number of aliphatic hydroxyl groups excluding tert-OH is 1. The van der Waals surface area contributed by atoms with Crippen LogP contribution in [0.25, 0.3) is 0 Å². The van der Waals surface area contributed by atoms with Gasteiger partial charge in [-0.05, 0) is 31.1 Å². The number of nitrogens with one attached hydrogen (secondary N) is 1. The summed E-state index contributed by atoms with van der Waals surface area (Å²) in [5, 5.41) is 12.2. The molecule has 0 aromatic rings. The van der Waals surface area contributed by atoms with Gasteiger partial charge in [-0.3, -0.25) is 14.4 Å². The first-order valence-electron chi connectivity index (χ1n) is 10.4. The second kappa shape index (κ2) is 11.5. The topological polar surface area (TPSA) is 109 Å². The van der Waals surface area contributed by atoms with Crippen LogP contribution in [-0.2, 0) is 14.4 Å². The Hall–Kier alpha value is -1.27. The monoisotopic (exact) mass is 382 g/mol. The van der Waals surface area contributed by atoms with Crippen molar-refractivity contribution >= 4 is 17.5 Å². The summed E-state index contributed by atoms with van der Waals surface area (Å²) in [5.41, 5.74) is 5.61. The zero-order chi connectivity index (χ0) is 20.6. The van der Waals surface area contributed by atoms with E-state index in [2.05, 4.69) is 19.2 Å². The van der Waals surface area contributed by atoms with E-state index in [0.29, 0.717) is 11.8 Å². The van der Waals surface area contributed by atoms with Crippen molar-refractivity contribution < 1.29 is 19.5 Å². The normalized spacial score (nSPS) is 22.5. The van der Waals surface area contributed by atoms with Gasteiger partial charge in [-0.1, -0.05) is 40.5 Å². The van der Waals surface area contributed by atoms with Crippen LogP contribution in [0.1, 0.15) is 66.2 Å². The Morgan fingerprint density at radius 3 is 2.33 bits per heavy atom. The minimum absolute atomic E-state index is 0.00829. The van der Waals surface area contributed by atoms with Crippen LogP contribution >= 0.6 is 0 Å². The molecule has 0 bridgehead atoms. The van der Waals surface area contributed by atoms with Gasteiger partial charge in [-0.15, -0.1) is 0 Å². The molecule has 1 fully saturated rings. The highest BCUT2D eigenvalue weighted by atomic mass is 16.3. The predicted molar refractivity (Wildman–Crippen MR) is 106 cm³/mol. The van der Waals surface area contributed by atoms with Gasteiger partial charge >= 0.3 is 0 Å². The number of rotatable bonds is 11. The largest absolute Gasteiger partial charge is 0.396 e. The standard InChI is InChI=1S/C21H38N2O4/c1-13(2)8-15-6-5-7-16(9-15)19(25)10-17(12-24)21(27)23-18(11-22)20(26)14(3)4/h13-18,24H,5-12,22H2,1-4H3,(H,23,27)/t15?,16-,17+,18+/m1/s1. The molecule has 0 aliphatic heterocycles. The molecule has 0 aromatic heterocycles. The number of hydrogen-bond acceptors (Lipinski definition) is 5. The Morgan fingerprint density at radius 2 is 1.81 bits per heavy atom.